The van der Waals surface area contributed by atoms with Crippen LogP contribution < -0.4 is 10.1 Å². The SMILES string of the molecule is Cc1ccccc1OCCC(=O)OCC(=O)Nc1cccc(Br)c1. The Balaban J connectivity index is 1.67. The molecule has 0 aliphatic carbocycles. The van der Waals surface area contributed by atoms with Crippen LogP contribution in [-0.4, -0.2) is 25.1 Å². The van der Waals surface area contributed by atoms with E-state index in [1.807, 2.05) is 37.3 Å². The van der Waals surface area contributed by atoms with Crippen LogP contribution in [0.4, 0.5) is 5.69 Å². The van der Waals surface area contributed by atoms with Crippen molar-refractivity contribution in [2.24, 2.45) is 0 Å². The van der Waals surface area contributed by atoms with Crippen molar-refractivity contribution in [3.05, 3.63) is 58.6 Å². The molecule has 0 bridgehead atoms. The predicted molar refractivity (Wildman–Crippen MR) is 95.0 cm³/mol. The zero-order valence-electron chi connectivity index (χ0n) is 13.3. The average molecular weight is 392 g/mol. The van der Waals surface area contributed by atoms with Crippen molar-refractivity contribution < 1.29 is 19.1 Å². The summed E-state index contributed by atoms with van der Waals surface area (Å²) in [6.07, 6.45) is 0.0818. The summed E-state index contributed by atoms with van der Waals surface area (Å²) in [6, 6.07) is 14.7. The molecule has 5 nitrogen and oxygen atoms in total. The molecule has 1 amide bonds. The topological polar surface area (TPSA) is 64.6 Å². The predicted octanol–water partition coefficient (Wildman–Crippen LogP) is 3.71. The number of carbonyl (C=O) groups is 2. The molecule has 24 heavy (non-hydrogen) atoms. The second-order valence-electron chi connectivity index (χ2n) is 5.08. The van der Waals surface area contributed by atoms with E-state index in [1.165, 1.54) is 0 Å². The molecule has 0 atom stereocenters. The van der Waals surface area contributed by atoms with Crippen molar-refractivity contribution in [2.75, 3.05) is 18.5 Å². The second-order valence-corrected chi connectivity index (χ2v) is 6.00. The molecule has 0 heterocycles. The van der Waals surface area contributed by atoms with Crippen LogP contribution in [0.1, 0.15) is 12.0 Å². The quantitative estimate of drug-likeness (QED) is 0.730. The van der Waals surface area contributed by atoms with Gasteiger partial charge in [0.25, 0.3) is 5.91 Å². The van der Waals surface area contributed by atoms with E-state index in [4.69, 9.17) is 9.47 Å². The van der Waals surface area contributed by atoms with E-state index >= 15 is 0 Å². The maximum absolute atomic E-state index is 11.7. The maximum atomic E-state index is 11.7. The number of hydrogen-bond donors (Lipinski definition) is 1. The summed E-state index contributed by atoms with van der Waals surface area (Å²) in [4.78, 5) is 23.4. The molecule has 0 unspecified atom stereocenters. The number of amides is 1. The van der Waals surface area contributed by atoms with Crippen molar-refractivity contribution in [3.8, 4) is 5.75 Å². The van der Waals surface area contributed by atoms with Crippen molar-refractivity contribution in [2.45, 2.75) is 13.3 Å². The summed E-state index contributed by atoms with van der Waals surface area (Å²) < 4.78 is 11.3. The summed E-state index contributed by atoms with van der Waals surface area (Å²) in [5.41, 5.74) is 1.63. The maximum Gasteiger partial charge on any atom is 0.309 e. The van der Waals surface area contributed by atoms with Crippen molar-refractivity contribution in [1.82, 2.24) is 0 Å². The number of anilines is 1. The lowest BCUT2D eigenvalue weighted by Gasteiger charge is -2.09. The number of para-hydroxylation sites is 1. The Morgan fingerprint density at radius 1 is 1.12 bits per heavy atom. The van der Waals surface area contributed by atoms with E-state index in [1.54, 1.807) is 18.2 Å². The van der Waals surface area contributed by atoms with Crippen LogP contribution in [0.2, 0.25) is 0 Å². The van der Waals surface area contributed by atoms with Crippen LogP contribution in [0.3, 0.4) is 0 Å². The second kappa shape index (κ2) is 9.08. The summed E-state index contributed by atoms with van der Waals surface area (Å²) >= 11 is 3.32. The number of esters is 1. The van der Waals surface area contributed by atoms with E-state index in [2.05, 4.69) is 21.2 Å². The molecule has 2 aromatic rings. The first kappa shape index (κ1) is 18.0. The van der Waals surface area contributed by atoms with E-state index in [9.17, 15) is 9.59 Å². The molecule has 126 valence electrons. The van der Waals surface area contributed by atoms with Crippen LogP contribution in [0.15, 0.2) is 53.0 Å². The van der Waals surface area contributed by atoms with Crippen LogP contribution in [0.5, 0.6) is 5.75 Å². The molecule has 0 aliphatic rings. The molecule has 0 radical (unpaired) electrons. The summed E-state index contributed by atoms with van der Waals surface area (Å²) in [7, 11) is 0. The van der Waals surface area contributed by atoms with E-state index in [0.717, 1.165) is 15.8 Å². The van der Waals surface area contributed by atoms with Crippen LogP contribution in [0.25, 0.3) is 0 Å². The molecular formula is C18H18BrNO4. The molecule has 2 aromatic carbocycles. The minimum Gasteiger partial charge on any atom is -0.493 e. The normalized spacial score (nSPS) is 10.1. The van der Waals surface area contributed by atoms with Crippen molar-refractivity contribution in [3.63, 3.8) is 0 Å². The Labute approximate surface area is 149 Å². The zero-order chi connectivity index (χ0) is 17.4. The molecule has 0 aliphatic heterocycles. The fourth-order valence-corrected chi connectivity index (χ4v) is 2.34. The van der Waals surface area contributed by atoms with Gasteiger partial charge in [0.1, 0.15) is 5.75 Å². The molecule has 0 saturated carbocycles. The first-order valence-corrected chi connectivity index (χ1v) is 8.23. The average Bonchev–Trinajstić information content (AvgIpc) is 2.55. The summed E-state index contributed by atoms with van der Waals surface area (Å²) in [5.74, 6) is -0.132. The number of ether oxygens (including phenoxy) is 2. The number of nitrogens with one attached hydrogen (secondary N) is 1. The highest BCUT2D eigenvalue weighted by Crippen LogP contribution is 2.16. The van der Waals surface area contributed by atoms with Crippen molar-refractivity contribution in [1.29, 1.82) is 0 Å². The molecule has 0 saturated heterocycles. The van der Waals surface area contributed by atoms with Gasteiger partial charge in [-0.05, 0) is 36.8 Å². The summed E-state index contributed by atoms with van der Waals surface area (Å²) in [5, 5.41) is 2.65. The molecule has 6 heteroatoms. The van der Waals surface area contributed by atoms with Gasteiger partial charge < -0.3 is 14.8 Å². The van der Waals surface area contributed by atoms with Gasteiger partial charge in [-0.15, -0.1) is 0 Å². The fraction of sp³-hybridized carbons (Fsp3) is 0.222. The van der Waals surface area contributed by atoms with Gasteiger partial charge in [-0.25, -0.2) is 0 Å². The lowest BCUT2D eigenvalue weighted by molar-refractivity contribution is -0.147. The van der Waals surface area contributed by atoms with Gasteiger partial charge in [0.2, 0.25) is 0 Å². The Morgan fingerprint density at radius 2 is 1.92 bits per heavy atom. The third-order valence-corrected chi connectivity index (χ3v) is 3.62. The minimum absolute atomic E-state index is 0.0818. The van der Waals surface area contributed by atoms with Gasteiger partial charge >= 0.3 is 5.97 Å². The van der Waals surface area contributed by atoms with Crippen LogP contribution >= 0.6 is 15.9 Å². The first-order chi connectivity index (χ1) is 11.5. The van der Waals surface area contributed by atoms with Crippen LogP contribution in [-0.2, 0) is 14.3 Å². The largest absolute Gasteiger partial charge is 0.493 e. The highest BCUT2D eigenvalue weighted by molar-refractivity contribution is 9.10. The minimum atomic E-state index is -0.479. The van der Waals surface area contributed by atoms with Gasteiger partial charge in [-0.3, -0.25) is 9.59 Å². The van der Waals surface area contributed by atoms with E-state index < -0.39 is 5.97 Å². The first-order valence-electron chi connectivity index (χ1n) is 7.44. The third-order valence-electron chi connectivity index (χ3n) is 3.13. The third kappa shape index (κ3) is 6.04. The number of halogens is 1. The Kier molecular flexibility index (Phi) is 6.81. The lowest BCUT2D eigenvalue weighted by atomic mass is 10.2. The van der Waals surface area contributed by atoms with Gasteiger partial charge in [-0.2, -0.15) is 0 Å². The standard InChI is InChI=1S/C18H18BrNO4/c1-13-5-2-3-8-16(13)23-10-9-18(22)24-12-17(21)20-15-7-4-6-14(19)11-15/h2-8,11H,9-10,12H2,1H3,(H,20,21). The van der Waals surface area contributed by atoms with Gasteiger partial charge in [-0.1, -0.05) is 40.2 Å². The zero-order valence-corrected chi connectivity index (χ0v) is 14.8. The van der Waals surface area contributed by atoms with Gasteiger partial charge in [0.15, 0.2) is 6.61 Å². The van der Waals surface area contributed by atoms with Gasteiger partial charge in [0.05, 0.1) is 13.0 Å². The molecule has 0 fully saturated rings. The number of benzene rings is 2. The monoisotopic (exact) mass is 391 g/mol. The molecule has 1 N–H and O–H groups in total. The van der Waals surface area contributed by atoms with Crippen LogP contribution in [0, 0.1) is 6.92 Å². The number of carbonyl (C=O) groups excluding carboxylic acids is 2. The molecular weight excluding hydrogens is 374 g/mol. The smallest absolute Gasteiger partial charge is 0.309 e. The van der Waals surface area contributed by atoms with E-state index in [0.29, 0.717) is 5.69 Å². The summed E-state index contributed by atoms with van der Waals surface area (Å²) in [6.45, 7) is 1.81. The van der Waals surface area contributed by atoms with Gasteiger partial charge in [0, 0.05) is 10.2 Å². The Hall–Kier alpha value is -2.34. The lowest BCUT2D eigenvalue weighted by Crippen LogP contribution is -2.21. The Bertz CT molecular complexity index is 718. The molecule has 2 rings (SSSR count). The number of rotatable bonds is 7. The molecule has 0 aromatic heterocycles. The highest BCUT2D eigenvalue weighted by atomic mass is 79.9. The van der Waals surface area contributed by atoms with Crippen molar-refractivity contribution >= 4 is 33.5 Å². The Morgan fingerprint density at radius 3 is 2.67 bits per heavy atom. The highest BCUT2D eigenvalue weighted by Gasteiger charge is 2.09. The fourth-order valence-electron chi connectivity index (χ4n) is 1.94. The number of hydrogen-bond acceptors (Lipinski definition) is 4. The molecule has 0 spiro atoms. The number of aryl methyl sites for hydroxylation is 1. The van der Waals surface area contributed by atoms with E-state index in [-0.39, 0.29) is 25.5 Å².